The number of hydrogen-bond donors (Lipinski definition) is 0. The second-order valence-corrected chi connectivity index (χ2v) is 6.80. The molecule has 0 aliphatic heterocycles. The van der Waals surface area contributed by atoms with Crippen LogP contribution in [0, 0.1) is 18.3 Å². The SMILES string of the molecule is COc1c(C)cc(-c2cccc(S(C)(=O)=O)c2)cc1C#N. The van der Waals surface area contributed by atoms with Crippen LogP contribution in [0.4, 0.5) is 0 Å². The summed E-state index contributed by atoms with van der Waals surface area (Å²) in [5, 5.41) is 9.20. The number of nitrogens with zero attached hydrogens (tertiary/aromatic N) is 1. The number of aryl methyl sites for hydroxylation is 1. The van der Waals surface area contributed by atoms with E-state index in [2.05, 4.69) is 6.07 Å². The highest BCUT2D eigenvalue weighted by molar-refractivity contribution is 7.90. The molecule has 0 radical (unpaired) electrons. The first-order chi connectivity index (χ1) is 9.86. The molecule has 0 aliphatic rings. The van der Waals surface area contributed by atoms with Crippen LogP contribution in [0.1, 0.15) is 11.1 Å². The first-order valence-corrected chi connectivity index (χ1v) is 8.15. The maximum atomic E-state index is 11.6. The Kier molecular flexibility index (Phi) is 4.01. The van der Waals surface area contributed by atoms with Crippen LogP contribution in [0.2, 0.25) is 0 Å². The van der Waals surface area contributed by atoms with Crippen molar-refractivity contribution in [3.8, 4) is 22.9 Å². The lowest BCUT2D eigenvalue weighted by Gasteiger charge is -2.10. The minimum absolute atomic E-state index is 0.256. The zero-order chi connectivity index (χ0) is 15.6. The number of benzene rings is 2. The van der Waals surface area contributed by atoms with Gasteiger partial charge >= 0.3 is 0 Å². The monoisotopic (exact) mass is 301 g/mol. The fourth-order valence-electron chi connectivity index (χ4n) is 2.20. The number of hydrogen-bond acceptors (Lipinski definition) is 4. The van der Waals surface area contributed by atoms with Crippen LogP contribution >= 0.6 is 0 Å². The quantitative estimate of drug-likeness (QED) is 0.874. The van der Waals surface area contributed by atoms with E-state index in [-0.39, 0.29) is 4.90 Å². The molecular formula is C16H15NO3S. The molecule has 2 rings (SSSR count). The van der Waals surface area contributed by atoms with Gasteiger partial charge in [-0.1, -0.05) is 12.1 Å². The third kappa shape index (κ3) is 3.06. The Balaban J connectivity index is 2.64. The van der Waals surface area contributed by atoms with Crippen molar-refractivity contribution in [2.45, 2.75) is 11.8 Å². The standard InChI is InChI=1S/C16H15NO3S/c1-11-7-13(8-14(10-17)16(11)20-2)12-5-4-6-15(9-12)21(3,18)19/h4-9H,1-3H3. The molecule has 5 heteroatoms. The Hall–Kier alpha value is -2.32. The van der Waals surface area contributed by atoms with Crippen molar-refractivity contribution in [3.05, 3.63) is 47.5 Å². The average molecular weight is 301 g/mol. The molecule has 0 saturated heterocycles. The summed E-state index contributed by atoms with van der Waals surface area (Å²) >= 11 is 0. The van der Waals surface area contributed by atoms with Crippen LogP contribution in [0.15, 0.2) is 41.3 Å². The van der Waals surface area contributed by atoms with Crippen LogP contribution < -0.4 is 4.74 Å². The highest BCUT2D eigenvalue weighted by Crippen LogP contribution is 2.30. The molecule has 0 aliphatic carbocycles. The van der Waals surface area contributed by atoms with E-state index in [1.165, 1.54) is 13.4 Å². The predicted molar refractivity (Wildman–Crippen MR) is 81.0 cm³/mol. The Morgan fingerprint density at radius 1 is 1.14 bits per heavy atom. The van der Waals surface area contributed by atoms with E-state index in [1.54, 1.807) is 24.3 Å². The molecule has 0 amide bonds. The topological polar surface area (TPSA) is 67.2 Å². The average Bonchev–Trinajstić information content (AvgIpc) is 2.45. The van der Waals surface area contributed by atoms with Gasteiger partial charge < -0.3 is 4.74 Å². The minimum Gasteiger partial charge on any atom is -0.495 e. The molecule has 108 valence electrons. The molecule has 21 heavy (non-hydrogen) atoms. The molecule has 4 nitrogen and oxygen atoms in total. The third-order valence-electron chi connectivity index (χ3n) is 3.19. The Morgan fingerprint density at radius 3 is 2.43 bits per heavy atom. The summed E-state index contributed by atoms with van der Waals surface area (Å²) < 4.78 is 28.5. The summed E-state index contributed by atoms with van der Waals surface area (Å²) in [4.78, 5) is 0.256. The molecule has 0 aromatic heterocycles. The van der Waals surface area contributed by atoms with Crippen LogP contribution in [0.25, 0.3) is 11.1 Å². The normalized spacial score (nSPS) is 11.0. The van der Waals surface area contributed by atoms with E-state index in [0.717, 1.165) is 16.7 Å². The second-order valence-electron chi connectivity index (χ2n) is 4.79. The third-order valence-corrected chi connectivity index (χ3v) is 4.30. The van der Waals surface area contributed by atoms with Crippen molar-refractivity contribution in [2.75, 3.05) is 13.4 Å². The van der Waals surface area contributed by atoms with Gasteiger partial charge in [-0.05, 0) is 47.9 Å². The number of rotatable bonds is 3. The number of methoxy groups -OCH3 is 1. The lowest BCUT2D eigenvalue weighted by Crippen LogP contribution is -1.97. The lowest BCUT2D eigenvalue weighted by atomic mass is 9.99. The minimum atomic E-state index is -3.26. The molecule has 0 bridgehead atoms. The molecule has 0 atom stereocenters. The summed E-state index contributed by atoms with van der Waals surface area (Å²) in [6.45, 7) is 1.85. The number of ether oxygens (including phenoxy) is 1. The number of nitriles is 1. The summed E-state index contributed by atoms with van der Waals surface area (Å²) in [5.41, 5.74) is 2.80. The highest BCUT2D eigenvalue weighted by atomic mass is 32.2. The molecule has 0 spiro atoms. The van der Waals surface area contributed by atoms with E-state index in [0.29, 0.717) is 11.3 Å². The van der Waals surface area contributed by atoms with Crippen LogP contribution in [-0.2, 0) is 9.84 Å². The van der Waals surface area contributed by atoms with Gasteiger partial charge in [0.15, 0.2) is 9.84 Å². The zero-order valence-electron chi connectivity index (χ0n) is 12.0. The Labute approximate surface area is 124 Å². The lowest BCUT2D eigenvalue weighted by molar-refractivity contribution is 0.410. The van der Waals surface area contributed by atoms with Gasteiger partial charge in [0.05, 0.1) is 17.6 Å². The first kappa shape index (κ1) is 15.1. The predicted octanol–water partition coefficient (Wildman–Crippen LogP) is 2.95. The van der Waals surface area contributed by atoms with Crippen molar-refractivity contribution < 1.29 is 13.2 Å². The Morgan fingerprint density at radius 2 is 1.86 bits per heavy atom. The first-order valence-electron chi connectivity index (χ1n) is 6.26. The van der Waals surface area contributed by atoms with Gasteiger partial charge in [-0.3, -0.25) is 0 Å². The van der Waals surface area contributed by atoms with Gasteiger partial charge in [0.1, 0.15) is 11.8 Å². The number of sulfone groups is 1. The highest BCUT2D eigenvalue weighted by Gasteiger charge is 2.12. The van der Waals surface area contributed by atoms with Gasteiger partial charge in [0, 0.05) is 6.26 Å². The van der Waals surface area contributed by atoms with Crippen molar-refractivity contribution in [1.82, 2.24) is 0 Å². The molecule has 0 unspecified atom stereocenters. The zero-order valence-corrected chi connectivity index (χ0v) is 12.9. The van der Waals surface area contributed by atoms with Crippen LogP contribution in [0.5, 0.6) is 5.75 Å². The maximum Gasteiger partial charge on any atom is 0.175 e. The van der Waals surface area contributed by atoms with Gasteiger partial charge in [-0.2, -0.15) is 5.26 Å². The fraction of sp³-hybridized carbons (Fsp3) is 0.188. The summed E-state index contributed by atoms with van der Waals surface area (Å²) in [5.74, 6) is 0.542. The summed E-state index contributed by atoms with van der Waals surface area (Å²) in [7, 11) is -1.74. The molecule has 2 aromatic rings. The Bertz CT molecular complexity index is 833. The molecule has 0 N–H and O–H groups in total. The summed E-state index contributed by atoms with van der Waals surface area (Å²) in [6.07, 6.45) is 1.17. The van der Waals surface area contributed by atoms with Gasteiger partial charge in [0.25, 0.3) is 0 Å². The van der Waals surface area contributed by atoms with Gasteiger partial charge in [-0.15, -0.1) is 0 Å². The van der Waals surface area contributed by atoms with E-state index in [4.69, 9.17) is 4.74 Å². The van der Waals surface area contributed by atoms with Crippen LogP contribution in [0.3, 0.4) is 0 Å². The van der Waals surface area contributed by atoms with E-state index in [1.807, 2.05) is 19.1 Å². The molecule has 0 heterocycles. The fourth-order valence-corrected chi connectivity index (χ4v) is 2.87. The maximum absolute atomic E-state index is 11.6. The molecular weight excluding hydrogens is 286 g/mol. The van der Waals surface area contributed by atoms with Crippen molar-refractivity contribution in [1.29, 1.82) is 5.26 Å². The molecule has 0 saturated carbocycles. The van der Waals surface area contributed by atoms with Crippen LogP contribution in [-0.4, -0.2) is 21.8 Å². The van der Waals surface area contributed by atoms with E-state index >= 15 is 0 Å². The van der Waals surface area contributed by atoms with Crippen molar-refractivity contribution in [3.63, 3.8) is 0 Å². The van der Waals surface area contributed by atoms with E-state index < -0.39 is 9.84 Å². The molecule has 2 aromatic carbocycles. The largest absolute Gasteiger partial charge is 0.495 e. The molecule has 0 fully saturated rings. The van der Waals surface area contributed by atoms with Gasteiger partial charge in [0.2, 0.25) is 0 Å². The second kappa shape index (κ2) is 5.58. The smallest absolute Gasteiger partial charge is 0.175 e. The van der Waals surface area contributed by atoms with Gasteiger partial charge in [-0.25, -0.2) is 8.42 Å². The van der Waals surface area contributed by atoms with Crippen molar-refractivity contribution >= 4 is 9.84 Å². The van der Waals surface area contributed by atoms with Crippen molar-refractivity contribution in [2.24, 2.45) is 0 Å². The summed E-state index contributed by atoms with van der Waals surface area (Å²) in [6, 6.07) is 12.3. The van der Waals surface area contributed by atoms with E-state index in [9.17, 15) is 13.7 Å².